The maximum absolute atomic E-state index is 13.4. The fraction of sp³-hybridized carbons (Fsp3) is 0.100. The van der Waals surface area contributed by atoms with Gasteiger partial charge in [-0.3, -0.25) is 4.63 Å². The zero-order valence-electron chi connectivity index (χ0n) is 32.5. The summed E-state index contributed by atoms with van der Waals surface area (Å²) in [5.74, 6) is -2.44. The standard InChI is InChI=1S/C40H28N8O14/c1-54-33(49)21-5-13-25(14-6-21)58-37-41-31(42-38(45-37)59-26-15-7-22(8-16-26)34(50)55-2)29-30(48(53)62-47-29)32-43-39(60-27-17-9-23(10-18-27)35(51)56-3)46-40(44-32)61-28-19-11-24(12-20-28)36(52)57-4/h5-20H,1-4H3. The van der Waals surface area contributed by atoms with Gasteiger partial charge in [-0.1, -0.05) is 0 Å². The fourth-order valence-corrected chi connectivity index (χ4v) is 5.18. The Labute approximate surface area is 348 Å². The molecule has 0 radical (unpaired) electrons. The maximum Gasteiger partial charge on any atom is 0.337 e. The summed E-state index contributed by atoms with van der Waals surface area (Å²) < 4.78 is 47.6. The molecule has 3 aromatic heterocycles. The second-order valence-corrected chi connectivity index (χ2v) is 12.0. The molecule has 0 saturated carbocycles. The molecule has 22 nitrogen and oxygen atoms in total. The number of ether oxygens (including phenoxy) is 8. The van der Waals surface area contributed by atoms with Crippen LogP contribution >= 0.6 is 0 Å². The monoisotopic (exact) mass is 844 g/mol. The van der Waals surface area contributed by atoms with Crippen LogP contribution in [0.4, 0.5) is 0 Å². The molecule has 312 valence electrons. The van der Waals surface area contributed by atoms with Crippen LogP contribution in [0.1, 0.15) is 41.4 Å². The number of benzene rings is 4. The molecule has 62 heavy (non-hydrogen) atoms. The zero-order valence-corrected chi connectivity index (χ0v) is 32.5. The number of carbonyl (C=O) groups excluding carboxylic acids is 4. The van der Waals surface area contributed by atoms with Crippen LogP contribution in [0.3, 0.4) is 0 Å². The van der Waals surface area contributed by atoms with Crippen LogP contribution in [0.5, 0.6) is 47.0 Å². The highest BCUT2D eigenvalue weighted by Crippen LogP contribution is 2.32. The molecule has 7 rings (SSSR count). The molecular weight excluding hydrogens is 816 g/mol. The van der Waals surface area contributed by atoms with E-state index in [4.69, 9.17) is 42.5 Å². The van der Waals surface area contributed by atoms with Crippen molar-refractivity contribution in [1.82, 2.24) is 35.1 Å². The fourth-order valence-electron chi connectivity index (χ4n) is 5.18. The first-order valence-corrected chi connectivity index (χ1v) is 17.6. The molecule has 0 amide bonds. The van der Waals surface area contributed by atoms with Crippen LogP contribution in [0, 0.1) is 5.21 Å². The van der Waals surface area contributed by atoms with Crippen molar-refractivity contribution in [3.8, 4) is 70.1 Å². The van der Waals surface area contributed by atoms with E-state index in [2.05, 4.69) is 35.1 Å². The number of rotatable bonds is 14. The Kier molecular flexibility index (Phi) is 12.1. The molecule has 0 N–H and O–H groups in total. The van der Waals surface area contributed by atoms with E-state index in [-0.39, 0.29) is 73.7 Å². The van der Waals surface area contributed by atoms with Crippen LogP contribution in [-0.2, 0) is 18.9 Å². The normalized spacial score (nSPS) is 10.6. The van der Waals surface area contributed by atoms with Gasteiger partial charge in [0, 0.05) is 0 Å². The molecule has 0 saturated heterocycles. The second kappa shape index (κ2) is 18.2. The Morgan fingerprint density at radius 2 is 0.710 bits per heavy atom. The Hall–Kier alpha value is -9.08. The van der Waals surface area contributed by atoms with E-state index in [1.165, 1.54) is 126 Å². The van der Waals surface area contributed by atoms with Gasteiger partial charge in [-0.25, -0.2) is 19.2 Å². The third-order valence-electron chi connectivity index (χ3n) is 8.16. The molecule has 0 atom stereocenters. The van der Waals surface area contributed by atoms with Gasteiger partial charge in [0.2, 0.25) is 11.6 Å². The summed E-state index contributed by atoms with van der Waals surface area (Å²) in [5.41, 5.74) is 0.117. The van der Waals surface area contributed by atoms with Gasteiger partial charge in [-0.15, -0.1) is 9.97 Å². The highest BCUT2D eigenvalue weighted by Gasteiger charge is 2.31. The summed E-state index contributed by atoms with van der Waals surface area (Å²) in [7, 11) is 4.96. The van der Waals surface area contributed by atoms with Gasteiger partial charge >= 0.3 is 47.9 Å². The minimum absolute atomic E-state index is 0.0313. The SMILES string of the molecule is COC(=O)c1ccc(Oc2nc(Oc3ccc(C(=O)OC)cc3)nc(-c3no[n+]([O-])c3-c3nc(Oc4ccc(C(=O)OC)cc4)nc(Oc4ccc(C(=O)OC)cc4)n3)n2)cc1. The quantitative estimate of drug-likeness (QED) is 0.0760. The minimum atomic E-state index is -0.582. The first-order chi connectivity index (χ1) is 30.0. The van der Waals surface area contributed by atoms with Gasteiger partial charge < -0.3 is 43.1 Å². The van der Waals surface area contributed by atoms with Crippen molar-refractivity contribution in [3.05, 3.63) is 125 Å². The molecular formula is C40H28N8O14. The molecule has 0 aliphatic heterocycles. The first kappa shape index (κ1) is 41.1. The molecule has 0 aliphatic carbocycles. The molecule has 0 aliphatic rings. The largest absolute Gasteiger partial charge is 0.465 e. The van der Waals surface area contributed by atoms with Gasteiger partial charge in [0.1, 0.15) is 23.0 Å². The van der Waals surface area contributed by atoms with Gasteiger partial charge in [0.05, 0.1) is 55.8 Å². The topological polar surface area (TPSA) is 272 Å². The summed E-state index contributed by atoms with van der Waals surface area (Å²) in [4.78, 5) is 73.8. The summed E-state index contributed by atoms with van der Waals surface area (Å²) >= 11 is 0. The van der Waals surface area contributed by atoms with Crippen LogP contribution in [0.25, 0.3) is 23.0 Å². The van der Waals surface area contributed by atoms with E-state index in [0.29, 0.717) is 0 Å². The van der Waals surface area contributed by atoms with E-state index in [1.807, 2.05) is 0 Å². The van der Waals surface area contributed by atoms with Gasteiger partial charge in [0.25, 0.3) is 11.4 Å². The average Bonchev–Trinajstić information content (AvgIpc) is 3.70. The second-order valence-electron chi connectivity index (χ2n) is 12.0. The average molecular weight is 845 g/mol. The minimum Gasteiger partial charge on any atom is -0.465 e. The number of hydrogen-bond donors (Lipinski definition) is 0. The Morgan fingerprint density at radius 1 is 0.435 bits per heavy atom. The molecule has 0 bridgehead atoms. The highest BCUT2D eigenvalue weighted by atomic mass is 16.8. The number of nitrogens with zero attached hydrogens (tertiary/aromatic N) is 8. The van der Waals surface area contributed by atoms with Crippen molar-refractivity contribution in [2.75, 3.05) is 28.4 Å². The van der Waals surface area contributed by atoms with Crippen molar-refractivity contribution in [3.63, 3.8) is 0 Å². The van der Waals surface area contributed by atoms with E-state index >= 15 is 0 Å². The van der Waals surface area contributed by atoms with Crippen LogP contribution in [0.15, 0.2) is 102 Å². The number of carbonyl (C=O) groups is 4. The Bertz CT molecular complexity index is 2610. The van der Waals surface area contributed by atoms with Crippen molar-refractivity contribution in [2.45, 2.75) is 0 Å². The van der Waals surface area contributed by atoms with Crippen LogP contribution < -0.4 is 23.9 Å². The molecule has 7 aromatic rings. The van der Waals surface area contributed by atoms with E-state index in [1.54, 1.807) is 0 Å². The maximum atomic E-state index is 13.4. The highest BCUT2D eigenvalue weighted by molar-refractivity contribution is 5.91. The van der Waals surface area contributed by atoms with Crippen molar-refractivity contribution >= 4 is 23.9 Å². The predicted molar refractivity (Wildman–Crippen MR) is 205 cm³/mol. The molecule has 4 aromatic carbocycles. The van der Waals surface area contributed by atoms with E-state index < -0.39 is 47.4 Å². The third-order valence-corrected chi connectivity index (χ3v) is 8.16. The lowest BCUT2D eigenvalue weighted by Gasteiger charge is -2.10. The van der Waals surface area contributed by atoms with Crippen LogP contribution in [0.2, 0.25) is 0 Å². The Morgan fingerprint density at radius 3 is 0.984 bits per heavy atom. The van der Waals surface area contributed by atoms with E-state index in [0.717, 1.165) is 0 Å². The summed E-state index contributed by atoms with van der Waals surface area (Å²) in [6.07, 6.45) is 0. The van der Waals surface area contributed by atoms with Crippen molar-refractivity contribution in [2.24, 2.45) is 0 Å². The smallest absolute Gasteiger partial charge is 0.337 e. The number of methoxy groups -OCH3 is 4. The molecule has 0 fully saturated rings. The molecule has 0 unspecified atom stereocenters. The van der Waals surface area contributed by atoms with Crippen LogP contribution in [-0.4, -0.2) is 87.4 Å². The van der Waals surface area contributed by atoms with Gasteiger partial charge in [0.15, 0.2) is 0 Å². The molecule has 22 heteroatoms. The third kappa shape index (κ3) is 9.44. The molecule has 0 spiro atoms. The summed E-state index contributed by atoms with van der Waals surface area (Å²) in [6.45, 7) is 0. The van der Waals surface area contributed by atoms with Crippen molar-refractivity contribution in [1.29, 1.82) is 0 Å². The lowest BCUT2D eigenvalue weighted by atomic mass is 10.2. The van der Waals surface area contributed by atoms with Gasteiger partial charge in [-0.2, -0.15) is 19.9 Å². The number of hydrogen-bond acceptors (Lipinski definition) is 21. The first-order valence-electron chi connectivity index (χ1n) is 17.6. The van der Waals surface area contributed by atoms with Gasteiger partial charge in [-0.05, 0) is 102 Å². The lowest BCUT2D eigenvalue weighted by molar-refractivity contribution is -0.793. The summed E-state index contributed by atoms with van der Waals surface area (Å²) in [5, 5.41) is 17.3. The zero-order chi connectivity index (χ0) is 43.8. The lowest BCUT2D eigenvalue weighted by Crippen LogP contribution is -2.26. The number of aromatic nitrogens is 8. The number of esters is 4. The predicted octanol–water partition coefficient (Wildman–Crippen LogP) is 5.33. The molecule has 3 heterocycles. The van der Waals surface area contributed by atoms with E-state index in [9.17, 15) is 24.4 Å². The Balaban J connectivity index is 1.30. The van der Waals surface area contributed by atoms with Crippen molar-refractivity contribution < 1.29 is 66.6 Å². The summed E-state index contributed by atoms with van der Waals surface area (Å²) in [6, 6.07) is 21.6.